The minimum Gasteiger partial charge on any atom is -0.508 e. The van der Waals surface area contributed by atoms with Gasteiger partial charge >= 0.3 is 0 Å². The van der Waals surface area contributed by atoms with Crippen LogP contribution in [0.15, 0.2) is 24.3 Å². The van der Waals surface area contributed by atoms with Gasteiger partial charge in [0, 0.05) is 38.3 Å². The molecule has 0 aromatic heterocycles. The molecule has 122 valence electrons. The number of phenols is 1. The molecule has 1 aromatic rings. The lowest BCUT2D eigenvalue weighted by molar-refractivity contribution is 0.0797. The summed E-state index contributed by atoms with van der Waals surface area (Å²) in [7, 11) is 0. The number of nitrogens with zero attached hydrogens (tertiary/aromatic N) is 2. The maximum atomic E-state index is 9.90. The van der Waals surface area contributed by atoms with Crippen molar-refractivity contribution in [2.24, 2.45) is 0 Å². The van der Waals surface area contributed by atoms with Gasteiger partial charge in [0.2, 0.25) is 0 Å². The van der Waals surface area contributed by atoms with Crippen molar-refractivity contribution in [1.29, 1.82) is 0 Å². The molecule has 2 fully saturated rings. The highest BCUT2D eigenvalue weighted by atomic mass is 16.3. The summed E-state index contributed by atoms with van der Waals surface area (Å²) in [6, 6.07) is 8.85. The van der Waals surface area contributed by atoms with Crippen LogP contribution in [0.4, 0.5) is 0 Å². The van der Waals surface area contributed by atoms with Crippen LogP contribution in [0.1, 0.15) is 37.8 Å². The Morgan fingerprint density at radius 2 is 2.09 bits per heavy atom. The van der Waals surface area contributed by atoms with Crippen LogP contribution in [0.2, 0.25) is 0 Å². The number of piperazine rings is 1. The van der Waals surface area contributed by atoms with Gasteiger partial charge in [-0.3, -0.25) is 4.90 Å². The molecule has 2 aliphatic heterocycles. The second kappa shape index (κ2) is 7.44. The summed E-state index contributed by atoms with van der Waals surface area (Å²) >= 11 is 0. The van der Waals surface area contributed by atoms with E-state index >= 15 is 0 Å². The van der Waals surface area contributed by atoms with Crippen molar-refractivity contribution in [2.75, 3.05) is 39.3 Å². The maximum Gasteiger partial charge on any atom is 0.115 e. The van der Waals surface area contributed by atoms with E-state index in [1.807, 2.05) is 12.1 Å². The summed E-state index contributed by atoms with van der Waals surface area (Å²) in [6.07, 6.45) is 3.82. The lowest BCUT2D eigenvalue weighted by Gasteiger charge is -2.42. The van der Waals surface area contributed by atoms with Crippen LogP contribution in [-0.2, 0) is 0 Å². The van der Waals surface area contributed by atoms with E-state index in [2.05, 4.69) is 28.1 Å². The molecule has 2 atom stereocenters. The number of hydrogen-bond donors (Lipinski definition) is 2. The van der Waals surface area contributed by atoms with Crippen molar-refractivity contribution in [1.82, 2.24) is 15.1 Å². The molecule has 2 N–H and O–H groups in total. The zero-order valence-corrected chi connectivity index (χ0v) is 13.7. The van der Waals surface area contributed by atoms with Gasteiger partial charge in [0.15, 0.2) is 0 Å². The largest absolute Gasteiger partial charge is 0.508 e. The average molecular weight is 303 g/mol. The minimum atomic E-state index is 0.382. The standard InChI is InChI=1S/C18H29N3O/c1-2-16-13-19-8-11-21(16)18(14-20-9-3-4-10-20)15-6-5-7-17(22)12-15/h5-7,12,16,18-19,22H,2-4,8-11,13-14H2,1H3. The van der Waals surface area contributed by atoms with Gasteiger partial charge in [-0.1, -0.05) is 19.1 Å². The van der Waals surface area contributed by atoms with Gasteiger partial charge in [0.05, 0.1) is 0 Å². The summed E-state index contributed by atoms with van der Waals surface area (Å²) < 4.78 is 0. The van der Waals surface area contributed by atoms with Crippen molar-refractivity contribution in [3.8, 4) is 5.75 Å². The molecule has 2 heterocycles. The van der Waals surface area contributed by atoms with E-state index in [0.717, 1.165) is 26.2 Å². The molecule has 4 nitrogen and oxygen atoms in total. The molecule has 1 aromatic carbocycles. The third kappa shape index (κ3) is 3.62. The number of nitrogens with one attached hydrogen (secondary N) is 1. The quantitative estimate of drug-likeness (QED) is 0.875. The van der Waals surface area contributed by atoms with Crippen LogP contribution in [0.3, 0.4) is 0 Å². The van der Waals surface area contributed by atoms with Crippen molar-refractivity contribution >= 4 is 0 Å². The number of likely N-dealkylation sites (tertiary alicyclic amines) is 1. The van der Waals surface area contributed by atoms with Crippen LogP contribution in [0.25, 0.3) is 0 Å². The van der Waals surface area contributed by atoms with Crippen LogP contribution in [-0.4, -0.2) is 60.2 Å². The Bertz CT molecular complexity index is 473. The van der Waals surface area contributed by atoms with E-state index < -0.39 is 0 Å². The molecule has 3 rings (SSSR count). The lowest BCUT2D eigenvalue weighted by Crippen LogP contribution is -2.53. The first-order valence-electron chi connectivity index (χ1n) is 8.75. The topological polar surface area (TPSA) is 38.7 Å². The van der Waals surface area contributed by atoms with Crippen LogP contribution in [0, 0.1) is 0 Å². The summed E-state index contributed by atoms with van der Waals surface area (Å²) in [4.78, 5) is 5.24. The van der Waals surface area contributed by atoms with E-state index in [9.17, 15) is 5.11 Å². The Kier molecular flexibility index (Phi) is 5.34. The fraction of sp³-hybridized carbons (Fsp3) is 0.667. The van der Waals surface area contributed by atoms with Crippen molar-refractivity contribution in [2.45, 2.75) is 38.3 Å². The normalized spacial score (nSPS) is 25.4. The predicted molar refractivity (Wildman–Crippen MR) is 90.2 cm³/mol. The van der Waals surface area contributed by atoms with E-state index in [4.69, 9.17) is 0 Å². The molecule has 2 saturated heterocycles. The molecule has 0 saturated carbocycles. The van der Waals surface area contributed by atoms with E-state index in [1.54, 1.807) is 6.07 Å². The zero-order valence-electron chi connectivity index (χ0n) is 13.7. The zero-order chi connectivity index (χ0) is 15.4. The predicted octanol–water partition coefficient (Wildman–Crippen LogP) is 2.21. The highest BCUT2D eigenvalue weighted by Gasteiger charge is 2.30. The highest BCUT2D eigenvalue weighted by Crippen LogP contribution is 2.29. The summed E-state index contributed by atoms with van der Waals surface area (Å²) in [5.41, 5.74) is 1.26. The van der Waals surface area contributed by atoms with Crippen LogP contribution in [0.5, 0.6) is 5.75 Å². The smallest absolute Gasteiger partial charge is 0.115 e. The highest BCUT2D eigenvalue weighted by molar-refractivity contribution is 5.30. The summed E-state index contributed by atoms with van der Waals surface area (Å²) in [5, 5.41) is 13.4. The molecule has 0 spiro atoms. The number of hydrogen-bond acceptors (Lipinski definition) is 4. The van der Waals surface area contributed by atoms with E-state index in [0.29, 0.717) is 17.8 Å². The van der Waals surface area contributed by atoms with Gasteiger partial charge in [-0.2, -0.15) is 0 Å². The molecule has 0 aliphatic carbocycles. The second-order valence-corrected chi connectivity index (χ2v) is 6.62. The number of rotatable bonds is 5. The average Bonchev–Trinajstić information content (AvgIpc) is 3.06. The molecule has 2 unspecified atom stereocenters. The fourth-order valence-corrected chi connectivity index (χ4v) is 3.91. The molecular weight excluding hydrogens is 274 g/mol. The number of benzene rings is 1. The molecular formula is C18H29N3O. The molecule has 0 amide bonds. The van der Waals surface area contributed by atoms with Gasteiger partial charge in [-0.15, -0.1) is 0 Å². The van der Waals surface area contributed by atoms with Gasteiger partial charge in [0.1, 0.15) is 5.75 Å². The van der Waals surface area contributed by atoms with Gasteiger partial charge < -0.3 is 15.3 Å². The third-order valence-corrected chi connectivity index (χ3v) is 5.15. The van der Waals surface area contributed by atoms with Gasteiger partial charge in [-0.25, -0.2) is 0 Å². The molecule has 22 heavy (non-hydrogen) atoms. The van der Waals surface area contributed by atoms with Crippen LogP contribution >= 0.6 is 0 Å². The Balaban J connectivity index is 1.83. The monoisotopic (exact) mass is 303 g/mol. The Labute approximate surface area is 134 Å². The minimum absolute atomic E-state index is 0.382. The molecule has 2 aliphatic rings. The van der Waals surface area contributed by atoms with Gasteiger partial charge in [-0.05, 0) is 50.0 Å². The SMILES string of the molecule is CCC1CNCCN1C(CN1CCCC1)c1cccc(O)c1. The summed E-state index contributed by atoms with van der Waals surface area (Å²) in [6.45, 7) is 9.03. The Hall–Kier alpha value is -1.10. The first-order valence-corrected chi connectivity index (χ1v) is 8.75. The Morgan fingerprint density at radius 1 is 1.27 bits per heavy atom. The van der Waals surface area contributed by atoms with E-state index in [1.165, 1.54) is 37.9 Å². The van der Waals surface area contributed by atoms with Gasteiger partial charge in [0.25, 0.3) is 0 Å². The molecule has 0 bridgehead atoms. The first kappa shape index (κ1) is 15.8. The van der Waals surface area contributed by atoms with Crippen molar-refractivity contribution in [3.63, 3.8) is 0 Å². The number of phenolic OH excluding ortho intramolecular Hbond substituents is 1. The fourth-order valence-electron chi connectivity index (χ4n) is 3.91. The molecule has 4 heteroatoms. The van der Waals surface area contributed by atoms with Crippen LogP contribution < -0.4 is 5.32 Å². The van der Waals surface area contributed by atoms with E-state index in [-0.39, 0.29) is 0 Å². The Morgan fingerprint density at radius 3 is 2.82 bits per heavy atom. The second-order valence-electron chi connectivity index (χ2n) is 6.62. The number of aromatic hydroxyl groups is 1. The lowest BCUT2D eigenvalue weighted by atomic mass is 9.99. The van der Waals surface area contributed by atoms with Crippen molar-refractivity contribution < 1.29 is 5.11 Å². The summed E-state index contributed by atoms with van der Waals surface area (Å²) in [5.74, 6) is 0.382. The maximum absolute atomic E-state index is 9.90. The molecule has 0 radical (unpaired) electrons. The van der Waals surface area contributed by atoms with Crippen molar-refractivity contribution in [3.05, 3.63) is 29.8 Å². The first-order chi connectivity index (χ1) is 10.8. The third-order valence-electron chi connectivity index (χ3n) is 5.15.